The van der Waals surface area contributed by atoms with E-state index in [1.165, 1.54) is 24.1 Å². The predicted octanol–water partition coefficient (Wildman–Crippen LogP) is 8.58. The molecule has 2 aliphatic rings. The standard InChI is InChI=1S/C37H46F3N5O4/c1-6-24-21-27(15-16-28(24)25-17-19-44(20-18-25)35(47)49-36(3,4)5)41-22-26-11-8-9-12-29(26)31-13-10-14-32(43-31)45-33(37(38,39)40)30(23-42-45)34(46)48-7-2/h10,13-16,21,23,25,41H,6-9,11-12,17-20,22H2,1-5H3. The lowest BCUT2D eigenvalue weighted by Crippen LogP contribution is -2.41. The van der Waals surface area contributed by atoms with Crippen molar-refractivity contribution in [1.29, 1.82) is 0 Å². The number of aromatic nitrogens is 3. The van der Waals surface area contributed by atoms with Crippen LogP contribution in [0.25, 0.3) is 11.4 Å². The van der Waals surface area contributed by atoms with Crippen molar-refractivity contribution in [2.24, 2.45) is 0 Å². The van der Waals surface area contributed by atoms with Gasteiger partial charge in [-0.05, 0) is 125 Å². The lowest BCUT2D eigenvalue weighted by Gasteiger charge is -2.34. The van der Waals surface area contributed by atoms with Crippen molar-refractivity contribution in [3.63, 3.8) is 0 Å². The molecule has 1 N–H and O–H groups in total. The molecule has 5 rings (SSSR count). The Morgan fingerprint density at radius 3 is 2.43 bits per heavy atom. The zero-order valence-electron chi connectivity index (χ0n) is 29.0. The number of alkyl halides is 3. The summed E-state index contributed by atoms with van der Waals surface area (Å²) in [4.78, 5) is 31.2. The number of esters is 1. The van der Waals surface area contributed by atoms with Crippen LogP contribution in [0.2, 0.25) is 0 Å². The number of rotatable bonds is 9. The Labute approximate surface area is 285 Å². The van der Waals surface area contributed by atoms with Crippen LogP contribution in [-0.2, 0) is 22.1 Å². The molecule has 1 amide bonds. The average molecular weight is 682 g/mol. The number of nitrogens with zero attached hydrogens (tertiary/aromatic N) is 4. The number of carbonyl (C=O) groups excluding carboxylic acids is 2. The van der Waals surface area contributed by atoms with Crippen molar-refractivity contribution in [3.05, 3.63) is 76.2 Å². The second kappa shape index (κ2) is 15.0. The fraction of sp³-hybridized carbons (Fsp3) is 0.514. The summed E-state index contributed by atoms with van der Waals surface area (Å²) in [5.41, 5.74) is 3.99. The molecule has 49 heavy (non-hydrogen) atoms. The number of hydrogen-bond donors (Lipinski definition) is 1. The zero-order valence-corrected chi connectivity index (χ0v) is 29.0. The highest BCUT2D eigenvalue weighted by Gasteiger charge is 2.41. The number of nitrogens with one attached hydrogen (secondary N) is 1. The van der Waals surface area contributed by atoms with Crippen LogP contribution in [0, 0.1) is 0 Å². The van der Waals surface area contributed by atoms with Crippen LogP contribution in [0.4, 0.5) is 23.7 Å². The van der Waals surface area contributed by atoms with Gasteiger partial charge in [0.15, 0.2) is 11.5 Å². The first kappa shape index (κ1) is 35.9. The van der Waals surface area contributed by atoms with Crippen molar-refractivity contribution < 1.29 is 32.2 Å². The Morgan fingerprint density at radius 1 is 1.02 bits per heavy atom. The van der Waals surface area contributed by atoms with Gasteiger partial charge in [0.25, 0.3) is 0 Å². The number of carbonyl (C=O) groups is 2. The molecular formula is C37H46F3N5O4. The fourth-order valence-electron chi connectivity index (χ4n) is 6.66. The number of piperidine rings is 1. The van der Waals surface area contributed by atoms with Crippen LogP contribution in [0.5, 0.6) is 0 Å². The maximum absolute atomic E-state index is 14.2. The predicted molar refractivity (Wildman–Crippen MR) is 182 cm³/mol. The molecule has 264 valence electrons. The first-order valence-corrected chi connectivity index (χ1v) is 17.1. The number of amides is 1. The van der Waals surface area contributed by atoms with Gasteiger partial charge in [0.1, 0.15) is 11.2 Å². The Kier molecular flexibility index (Phi) is 11.0. The van der Waals surface area contributed by atoms with Crippen molar-refractivity contribution in [2.75, 3.05) is 31.6 Å². The molecule has 0 bridgehead atoms. The van der Waals surface area contributed by atoms with Gasteiger partial charge in [0.2, 0.25) is 0 Å². The van der Waals surface area contributed by atoms with E-state index in [0.29, 0.717) is 35.9 Å². The van der Waals surface area contributed by atoms with Gasteiger partial charge >= 0.3 is 18.2 Å². The van der Waals surface area contributed by atoms with E-state index in [4.69, 9.17) is 9.47 Å². The molecule has 0 radical (unpaired) electrons. The molecule has 0 unspecified atom stereocenters. The molecule has 0 saturated carbocycles. The van der Waals surface area contributed by atoms with E-state index in [-0.39, 0.29) is 18.5 Å². The lowest BCUT2D eigenvalue weighted by molar-refractivity contribution is -0.143. The topological polar surface area (TPSA) is 98.6 Å². The van der Waals surface area contributed by atoms with Crippen LogP contribution < -0.4 is 5.32 Å². The fourth-order valence-corrected chi connectivity index (χ4v) is 6.66. The van der Waals surface area contributed by atoms with Crippen molar-refractivity contribution in [2.45, 2.75) is 97.3 Å². The molecular weight excluding hydrogens is 635 g/mol. The van der Waals surface area contributed by atoms with Crippen molar-refractivity contribution in [1.82, 2.24) is 19.7 Å². The third kappa shape index (κ3) is 8.63. The first-order valence-electron chi connectivity index (χ1n) is 17.1. The van der Waals surface area contributed by atoms with Crippen LogP contribution in [0.1, 0.15) is 112 Å². The third-order valence-electron chi connectivity index (χ3n) is 8.99. The quantitative estimate of drug-likeness (QED) is 0.226. The van der Waals surface area contributed by atoms with E-state index in [2.05, 4.69) is 40.5 Å². The molecule has 1 aliphatic carbocycles. The summed E-state index contributed by atoms with van der Waals surface area (Å²) in [5.74, 6) is -0.732. The lowest BCUT2D eigenvalue weighted by atomic mass is 9.85. The maximum atomic E-state index is 14.2. The van der Waals surface area contributed by atoms with Gasteiger partial charge in [-0.3, -0.25) is 0 Å². The highest BCUT2D eigenvalue weighted by atomic mass is 19.4. The second-order valence-electron chi connectivity index (χ2n) is 13.6. The van der Waals surface area contributed by atoms with E-state index >= 15 is 0 Å². The summed E-state index contributed by atoms with van der Waals surface area (Å²) in [7, 11) is 0. The van der Waals surface area contributed by atoms with E-state index in [1.807, 2.05) is 26.8 Å². The van der Waals surface area contributed by atoms with Crippen LogP contribution in [-0.4, -0.2) is 63.6 Å². The van der Waals surface area contributed by atoms with E-state index < -0.39 is 29.0 Å². The zero-order chi connectivity index (χ0) is 35.3. The van der Waals surface area contributed by atoms with Gasteiger partial charge in [0.05, 0.1) is 18.5 Å². The summed E-state index contributed by atoms with van der Waals surface area (Å²) >= 11 is 0. The number of benzene rings is 1. The Hall–Kier alpha value is -4.35. The van der Waals surface area contributed by atoms with E-state index in [0.717, 1.165) is 68.0 Å². The molecule has 2 aromatic heterocycles. The van der Waals surface area contributed by atoms with Gasteiger partial charge in [-0.2, -0.15) is 18.3 Å². The minimum Gasteiger partial charge on any atom is -0.462 e. The summed E-state index contributed by atoms with van der Waals surface area (Å²) in [5, 5.41) is 7.49. The number of halogens is 3. The number of ether oxygens (including phenoxy) is 2. The van der Waals surface area contributed by atoms with Crippen LogP contribution >= 0.6 is 0 Å². The van der Waals surface area contributed by atoms with Crippen molar-refractivity contribution >= 4 is 23.3 Å². The third-order valence-corrected chi connectivity index (χ3v) is 8.99. The normalized spacial score (nSPS) is 16.1. The molecule has 0 atom stereocenters. The van der Waals surface area contributed by atoms with Gasteiger partial charge in [-0.15, -0.1) is 0 Å². The molecule has 3 aromatic rings. The Balaban J connectivity index is 1.32. The van der Waals surface area contributed by atoms with Gasteiger partial charge in [-0.1, -0.05) is 19.1 Å². The summed E-state index contributed by atoms with van der Waals surface area (Å²) < 4.78 is 53.5. The number of anilines is 1. The highest BCUT2D eigenvalue weighted by Crippen LogP contribution is 2.36. The average Bonchev–Trinajstić information content (AvgIpc) is 3.54. The smallest absolute Gasteiger partial charge is 0.434 e. The molecule has 12 heteroatoms. The maximum Gasteiger partial charge on any atom is 0.434 e. The number of likely N-dealkylation sites (tertiary alicyclic amines) is 1. The number of pyridine rings is 1. The van der Waals surface area contributed by atoms with Gasteiger partial charge in [0, 0.05) is 25.3 Å². The summed E-state index contributed by atoms with van der Waals surface area (Å²) in [6.07, 6.45) is 2.01. The number of hydrogen-bond acceptors (Lipinski definition) is 7. The second-order valence-corrected chi connectivity index (χ2v) is 13.6. The molecule has 9 nitrogen and oxygen atoms in total. The summed E-state index contributed by atoms with van der Waals surface area (Å²) in [6.45, 7) is 11.2. The largest absolute Gasteiger partial charge is 0.462 e. The van der Waals surface area contributed by atoms with Crippen LogP contribution in [0.3, 0.4) is 0 Å². The molecule has 1 aromatic carbocycles. The van der Waals surface area contributed by atoms with Gasteiger partial charge < -0.3 is 19.7 Å². The van der Waals surface area contributed by atoms with Crippen molar-refractivity contribution in [3.8, 4) is 5.82 Å². The monoisotopic (exact) mass is 681 g/mol. The molecule has 1 fully saturated rings. The number of aryl methyl sites for hydroxylation is 1. The minimum absolute atomic E-state index is 0.0224. The molecule has 3 heterocycles. The number of allylic oxidation sites excluding steroid dienone is 1. The summed E-state index contributed by atoms with van der Waals surface area (Å²) in [6, 6.07) is 11.4. The minimum atomic E-state index is -4.85. The SMILES string of the molecule is CCOC(=O)c1cnn(-c2cccc(C3=C(CNc4ccc(C5CCN(C(=O)OC(C)(C)C)CC5)c(CC)c4)CCCC3)n2)c1C(F)(F)F. The van der Waals surface area contributed by atoms with Crippen LogP contribution in [0.15, 0.2) is 48.2 Å². The molecule has 1 aliphatic heterocycles. The van der Waals surface area contributed by atoms with E-state index in [1.54, 1.807) is 11.0 Å². The molecule has 1 saturated heterocycles. The Morgan fingerprint density at radius 2 is 1.76 bits per heavy atom. The highest BCUT2D eigenvalue weighted by molar-refractivity contribution is 5.90. The molecule has 0 spiro atoms. The van der Waals surface area contributed by atoms with Gasteiger partial charge in [-0.25, -0.2) is 19.3 Å². The first-order chi connectivity index (χ1) is 23.3. The Bertz CT molecular complexity index is 1680. The van der Waals surface area contributed by atoms with E-state index in [9.17, 15) is 22.8 Å².